The number of carbonyl (C=O) groups is 2. The van der Waals surface area contributed by atoms with Crippen molar-refractivity contribution in [3.05, 3.63) is 71.0 Å². The second-order valence-corrected chi connectivity index (χ2v) is 5.96. The average molecular weight is 357 g/mol. The van der Waals surface area contributed by atoms with Crippen molar-refractivity contribution in [2.24, 2.45) is 0 Å². The van der Waals surface area contributed by atoms with E-state index in [0.717, 1.165) is 6.42 Å². The Morgan fingerprint density at radius 1 is 1.16 bits per heavy atom. The molecule has 0 saturated carbocycles. The van der Waals surface area contributed by atoms with Crippen LogP contribution in [-0.2, 0) is 9.53 Å². The molecule has 0 aliphatic carbocycles. The number of rotatable bonds is 4. The van der Waals surface area contributed by atoms with E-state index in [4.69, 9.17) is 16.3 Å². The first-order chi connectivity index (χ1) is 12.1. The molecule has 0 atom stereocenters. The van der Waals surface area contributed by atoms with Crippen LogP contribution in [0.3, 0.4) is 0 Å². The zero-order valence-corrected chi connectivity index (χ0v) is 14.3. The molecule has 1 aromatic heterocycles. The molecule has 0 radical (unpaired) electrons. The zero-order chi connectivity index (χ0) is 17.6. The van der Waals surface area contributed by atoms with Crippen molar-refractivity contribution in [2.75, 3.05) is 19.7 Å². The number of hydrogen-bond acceptors (Lipinski definition) is 4. The Kier molecular flexibility index (Phi) is 5.46. The molecule has 6 heteroatoms. The van der Waals surface area contributed by atoms with Crippen LogP contribution >= 0.6 is 11.6 Å². The topological polar surface area (TPSA) is 59.5 Å². The van der Waals surface area contributed by atoms with Crippen LogP contribution in [0.15, 0.2) is 54.7 Å². The summed E-state index contributed by atoms with van der Waals surface area (Å²) < 4.78 is 5.06. The highest BCUT2D eigenvalue weighted by Crippen LogP contribution is 2.22. The van der Waals surface area contributed by atoms with Gasteiger partial charge >= 0.3 is 5.97 Å². The van der Waals surface area contributed by atoms with Gasteiger partial charge in [0.15, 0.2) is 6.61 Å². The summed E-state index contributed by atoms with van der Waals surface area (Å²) >= 11 is 5.84. The molecule has 0 fully saturated rings. The largest absolute Gasteiger partial charge is 0.452 e. The summed E-state index contributed by atoms with van der Waals surface area (Å²) in [5.41, 5.74) is 2.55. The Bertz CT molecular complexity index is 805. The molecule has 25 heavy (non-hydrogen) atoms. The molecule has 0 bridgehead atoms. The van der Waals surface area contributed by atoms with E-state index in [9.17, 15) is 9.59 Å². The molecule has 3 rings (SSSR count). The first-order valence-corrected chi connectivity index (χ1v) is 8.33. The van der Waals surface area contributed by atoms with Gasteiger partial charge in [-0.1, -0.05) is 48.0 Å². The van der Waals surface area contributed by atoms with Crippen molar-refractivity contribution >= 4 is 29.1 Å². The molecular weight excluding hydrogens is 340 g/mol. The van der Waals surface area contributed by atoms with Crippen molar-refractivity contribution in [3.8, 4) is 0 Å². The Morgan fingerprint density at radius 2 is 1.96 bits per heavy atom. The number of esters is 1. The van der Waals surface area contributed by atoms with Gasteiger partial charge < -0.3 is 9.64 Å². The summed E-state index contributed by atoms with van der Waals surface area (Å²) in [4.78, 5) is 29.7. The molecule has 0 spiro atoms. The van der Waals surface area contributed by atoms with Gasteiger partial charge in [0.25, 0.3) is 5.91 Å². The van der Waals surface area contributed by atoms with E-state index >= 15 is 0 Å². The van der Waals surface area contributed by atoms with Gasteiger partial charge in [-0.15, -0.1) is 0 Å². The van der Waals surface area contributed by atoms with Crippen molar-refractivity contribution in [2.45, 2.75) is 6.42 Å². The van der Waals surface area contributed by atoms with E-state index in [0.29, 0.717) is 13.1 Å². The molecular formula is C19H17ClN2O3. The monoisotopic (exact) mass is 356 g/mol. The fraction of sp³-hybridized carbons (Fsp3) is 0.211. The maximum absolute atomic E-state index is 12.2. The highest BCUT2D eigenvalue weighted by molar-refractivity contribution is 6.32. The number of carbonyl (C=O) groups excluding carboxylic acids is 2. The third kappa shape index (κ3) is 4.25. The van der Waals surface area contributed by atoms with Gasteiger partial charge in [0, 0.05) is 19.3 Å². The standard InChI is InChI=1S/C19H17ClN2O3/c20-18-16(7-4-10-21-18)19(24)25-13-17(23)22-11-8-15(9-12-22)14-5-2-1-3-6-14/h1-8,10H,9,11-13H2. The molecule has 2 aromatic rings. The fourth-order valence-corrected chi connectivity index (χ4v) is 2.84. The van der Waals surface area contributed by atoms with Gasteiger partial charge in [-0.2, -0.15) is 0 Å². The van der Waals surface area contributed by atoms with Gasteiger partial charge in [-0.25, -0.2) is 9.78 Å². The van der Waals surface area contributed by atoms with Crippen LogP contribution in [0, 0.1) is 0 Å². The zero-order valence-electron chi connectivity index (χ0n) is 13.5. The van der Waals surface area contributed by atoms with Gasteiger partial charge in [-0.05, 0) is 29.7 Å². The van der Waals surface area contributed by atoms with Crippen LogP contribution in [0.1, 0.15) is 22.3 Å². The summed E-state index contributed by atoms with van der Waals surface area (Å²) in [6.45, 7) is 0.803. The van der Waals surface area contributed by atoms with Crippen molar-refractivity contribution in [1.29, 1.82) is 0 Å². The average Bonchev–Trinajstić information content (AvgIpc) is 2.67. The SMILES string of the molecule is O=C(OCC(=O)N1CC=C(c2ccccc2)CC1)c1cccnc1Cl. The summed E-state index contributed by atoms with van der Waals surface area (Å²) in [6.07, 6.45) is 4.29. The minimum Gasteiger partial charge on any atom is -0.452 e. The summed E-state index contributed by atoms with van der Waals surface area (Å²) in [5, 5.41) is 0.0633. The minimum absolute atomic E-state index is 0.0633. The second kappa shape index (κ2) is 7.94. The van der Waals surface area contributed by atoms with Crippen LogP contribution in [0.25, 0.3) is 5.57 Å². The lowest BCUT2D eigenvalue weighted by molar-refractivity contribution is -0.134. The molecule has 1 aliphatic heterocycles. The van der Waals surface area contributed by atoms with E-state index in [1.165, 1.54) is 23.4 Å². The van der Waals surface area contributed by atoms with Crippen molar-refractivity contribution in [3.63, 3.8) is 0 Å². The van der Waals surface area contributed by atoms with E-state index in [-0.39, 0.29) is 23.2 Å². The van der Waals surface area contributed by atoms with E-state index in [1.807, 2.05) is 24.3 Å². The van der Waals surface area contributed by atoms with Crippen LogP contribution in [0.4, 0.5) is 0 Å². The number of halogens is 1. The Morgan fingerprint density at radius 3 is 2.64 bits per heavy atom. The molecule has 2 heterocycles. The van der Waals surface area contributed by atoms with Crippen LogP contribution in [0.2, 0.25) is 5.15 Å². The van der Waals surface area contributed by atoms with Crippen LogP contribution in [-0.4, -0.2) is 41.5 Å². The molecule has 128 valence electrons. The maximum atomic E-state index is 12.2. The summed E-state index contributed by atoms with van der Waals surface area (Å²) in [6, 6.07) is 13.2. The molecule has 1 aromatic carbocycles. The van der Waals surface area contributed by atoms with Gasteiger partial charge in [-0.3, -0.25) is 4.79 Å². The lowest BCUT2D eigenvalue weighted by atomic mass is 10.00. The van der Waals surface area contributed by atoms with Crippen molar-refractivity contribution in [1.82, 2.24) is 9.88 Å². The number of hydrogen-bond donors (Lipinski definition) is 0. The Labute approximate surface area is 150 Å². The van der Waals surface area contributed by atoms with Crippen molar-refractivity contribution < 1.29 is 14.3 Å². The number of amides is 1. The quantitative estimate of drug-likeness (QED) is 0.623. The smallest absolute Gasteiger partial charge is 0.341 e. The number of ether oxygens (including phenoxy) is 1. The third-order valence-corrected chi connectivity index (χ3v) is 4.31. The second-order valence-electron chi connectivity index (χ2n) is 5.60. The number of nitrogens with zero attached hydrogens (tertiary/aromatic N) is 2. The Hall–Kier alpha value is -2.66. The first kappa shape index (κ1) is 17.2. The van der Waals surface area contributed by atoms with Gasteiger partial charge in [0.2, 0.25) is 0 Å². The van der Waals surface area contributed by atoms with Crippen LogP contribution < -0.4 is 0 Å². The van der Waals surface area contributed by atoms with E-state index in [2.05, 4.69) is 17.1 Å². The Balaban J connectivity index is 1.54. The number of aromatic nitrogens is 1. The molecule has 1 amide bonds. The van der Waals surface area contributed by atoms with Gasteiger partial charge in [0.1, 0.15) is 5.15 Å². The molecule has 0 N–H and O–H groups in total. The predicted octanol–water partition coefficient (Wildman–Crippen LogP) is 3.21. The highest BCUT2D eigenvalue weighted by atomic mass is 35.5. The lowest BCUT2D eigenvalue weighted by Gasteiger charge is -2.26. The van der Waals surface area contributed by atoms with E-state index in [1.54, 1.807) is 11.0 Å². The minimum atomic E-state index is -0.649. The fourth-order valence-electron chi connectivity index (χ4n) is 2.64. The van der Waals surface area contributed by atoms with E-state index < -0.39 is 5.97 Å². The predicted molar refractivity (Wildman–Crippen MR) is 95.1 cm³/mol. The third-order valence-electron chi connectivity index (χ3n) is 4.01. The lowest BCUT2D eigenvalue weighted by Crippen LogP contribution is -2.37. The molecule has 1 aliphatic rings. The summed E-state index contributed by atoms with van der Waals surface area (Å²) in [5.74, 6) is -0.874. The van der Waals surface area contributed by atoms with Gasteiger partial charge in [0.05, 0.1) is 5.56 Å². The maximum Gasteiger partial charge on any atom is 0.341 e. The highest BCUT2D eigenvalue weighted by Gasteiger charge is 2.20. The molecule has 0 unspecified atom stereocenters. The number of benzene rings is 1. The molecule has 5 nitrogen and oxygen atoms in total. The summed E-state index contributed by atoms with van der Waals surface area (Å²) in [7, 11) is 0. The normalized spacial score (nSPS) is 14.0. The first-order valence-electron chi connectivity index (χ1n) is 7.95. The molecule has 0 saturated heterocycles. The van der Waals surface area contributed by atoms with Crippen LogP contribution in [0.5, 0.6) is 0 Å². The number of pyridine rings is 1.